The van der Waals surface area contributed by atoms with Gasteiger partial charge in [0.1, 0.15) is 23.6 Å². The van der Waals surface area contributed by atoms with Crippen molar-refractivity contribution in [3.8, 4) is 23.2 Å². The first-order valence-corrected chi connectivity index (χ1v) is 15.8. The van der Waals surface area contributed by atoms with E-state index in [0.717, 1.165) is 11.8 Å². The van der Waals surface area contributed by atoms with Gasteiger partial charge < -0.3 is 24.1 Å². The maximum atomic E-state index is 15.2. The van der Waals surface area contributed by atoms with Crippen LogP contribution in [0, 0.1) is 17.1 Å². The molecule has 40 heavy (non-hydrogen) atoms. The molecule has 0 bridgehead atoms. The number of nitrogens with zero attached hydrogens (tertiary/aromatic N) is 5. The molecule has 4 rings (SSSR count). The number of benzene rings is 1. The minimum Gasteiger partial charge on any atom is -0.480 e. The molecule has 0 fully saturated rings. The quantitative estimate of drug-likeness (QED) is 0.279. The summed E-state index contributed by atoms with van der Waals surface area (Å²) in [6.45, 7) is 13.7. The maximum Gasteiger partial charge on any atom is 0.329 e. The van der Waals surface area contributed by atoms with Crippen LogP contribution in [0.1, 0.15) is 38.8 Å². The monoisotopic (exact) mass is 559 g/mol. The molecule has 1 aliphatic rings. The Morgan fingerprint density at radius 3 is 2.73 bits per heavy atom. The van der Waals surface area contributed by atoms with E-state index in [1.807, 2.05) is 13.0 Å². The maximum absolute atomic E-state index is 15.2. The molecule has 1 aromatic carbocycles. The molecule has 3 aromatic rings. The molecule has 1 radical (unpaired) electrons. The molecule has 1 N–H and O–H groups in total. The summed E-state index contributed by atoms with van der Waals surface area (Å²) in [6.07, 6.45) is 3.37. The minimum absolute atomic E-state index is 0.00348. The van der Waals surface area contributed by atoms with Crippen LogP contribution in [0.2, 0.25) is 18.1 Å². The van der Waals surface area contributed by atoms with Gasteiger partial charge in [0.15, 0.2) is 14.1 Å². The van der Waals surface area contributed by atoms with Crippen LogP contribution in [-0.2, 0) is 14.6 Å². The first-order chi connectivity index (χ1) is 18.8. The Balaban J connectivity index is 1.80. The van der Waals surface area contributed by atoms with Crippen molar-refractivity contribution in [1.29, 1.82) is 5.26 Å². The van der Waals surface area contributed by atoms with E-state index in [1.165, 1.54) is 14.5 Å². The second-order valence-electron chi connectivity index (χ2n) is 11.6. The Morgan fingerprint density at radius 2 is 2.08 bits per heavy atom. The van der Waals surface area contributed by atoms with Crippen LogP contribution in [0.3, 0.4) is 0 Å². The number of carbonyl (C=O) groups excluding carboxylic acids is 1. The molecular formula is C28H33BFN6O3Si. The van der Waals surface area contributed by atoms with Gasteiger partial charge in [0, 0.05) is 36.0 Å². The van der Waals surface area contributed by atoms with Gasteiger partial charge in [-0.3, -0.25) is 0 Å². The lowest BCUT2D eigenvalue weighted by Gasteiger charge is -2.39. The molecule has 1 atom stereocenters. The molecule has 0 saturated heterocycles. The molecule has 1 aliphatic heterocycles. The molecule has 207 valence electrons. The highest BCUT2D eigenvalue weighted by Gasteiger charge is 2.44. The molecule has 3 heterocycles. The summed E-state index contributed by atoms with van der Waals surface area (Å²) in [5.74, 6) is -0.159. The van der Waals surface area contributed by atoms with Crippen molar-refractivity contribution in [2.24, 2.45) is 0 Å². The molecule has 0 aliphatic carbocycles. The molecule has 0 unspecified atom stereocenters. The average Bonchev–Trinajstić information content (AvgIpc) is 3.19. The van der Waals surface area contributed by atoms with Gasteiger partial charge >= 0.3 is 7.41 Å². The Hall–Kier alpha value is -3.82. The van der Waals surface area contributed by atoms with Gasteiger partial charge in [-0.15, -0.1) is 0 Å². The standard InChI is InChI=1S/C28H33BFN6O3Si/c1-27(2,3)40(6,7)39-16-28(4)15-36(29-17-37)24-19(13-31)11-18(12-20(24)28)23-21(30)14-33-26(35-23)34-22-9-8-10-32-25(22)38-5/h8-12,14,17H,15-16H2,1-7H3,(H,33,34,35)/t28-/m1/s1. The number of nitriles is 1. The molecular weight excluding hydrogens is 526 g/mol. The van der Waals surface area contributed by atoms with Crippen LogP contribution >= 0.6 is 0 Å². The fourth-order valence-corrected chi connectivity index (χ4v) is 5.56. The van der Waals surface area contributed by atoms with E-state index >= 15 is 4.39 Å². The first-order valence-electron chi connectivity index (χ1n) is 12.9. The predicted molar refractivity (Wildman–Crippen MR) is 157 cm³/mol. The van der Waals surface area contributed by atoms with Gasteiger partial charge in [-0.2, -0.15) is 5.26 Å². The number of hydrogen-bond donors (Lipinski definition) is 1. The number of fused-ring (bicyclic) bond motifs is 1. The van der Waals surface area contributed by atoms with Crippen molar-refractivity contribution < 1.29 is 18.3 Å². The zero-order valence-electron chi connectivity index (χ0n) is 23.9. The van der Waals surface area contributed by atoms with Crippen LogP contribution in [0.15, 0.2) is 36.7 Å². The summed E-state index contributed by atoms with van der Waals surface area (Å²) in [5, 5.41) is 13.1. The van der Waals surface area contributed by atoms with Crippen molar-refractivity contribution in [2.75, 3.05) is 30.4 Å². The largest absolute Gasteiger partial charge is 0.480 e. The van der Waals surface area contributed by atoms with E-state index < -0.39 is 19.5 Å². The number of rotatable bonds is 9. The summed E-state index contributed by atoms with van der Waals surface area (Å²) in [5.41, 5.74) is 2.12. The Morgan fingerprint density at radius 1 is 1.32 bits per heavy atom. The van der Waals surface area contributed by atoms with E-state index in [2.05, 4.69) is 60.2 Å². The molecule has 0 amide bonds. The Bertz CT molecular complexity index is 1480. The normalized spacial score (nSPS) is 16.7. The Kier molecular flexibility index (Phi) is 8.01. The van der Waals surface area contributed by atoms with E-state index in [-0.39, 0.29) is 16.7 Å². The Labute approximate surface area is 236 Å². The van der Waals surface area contributed by atoms with Gasteiger partial charge in [-0.25, -0.2) is 19.3 Å². The van der Waals surface area contributed by atoms with Crippen LogP contribution in [0.4, 0.5) is 21.7 Å². The number of anilines is 3. The van der Waals surface area contributed by atoms with E-state index in [0.29, 0.717) is 47.7 Å². The van der Waals surface area contributed by atoms with Gasteiger partial charge in [0.05, 0.1) is 18.9 Å². The van der Waals surface area contributed by atoms with Crippen molar-refractivity contribution in [1.82, 2.24) is 15.0 Å². The third-order valence-electron chi connectivity index (χ3n) is 7.71. The van der Waals surface area contributed by atoms with Crippen LogP contribution < -0.4 is 14.9 Å². The van der Waals surface area contributed by atoms with Crippen LogP contribution in [0.25, 0.3) is 11.3 Å². The second kappa shape index (κ2) is 11.0. The van der Waals surface area contributed by atoms with Crippen molar-refractivity contribution in [3.05, 3.63) is 53.6 Å². The number of carbonyl (C=O) groups is 1. The third-order valence-corrected chi connectivity index (χ3v) is 12.2. The topological polar surface area (TPSA) is 113 Å². The fraction of sp³-hybridized carbons (Fsp3) is 0.393. The third kappa shape index (κ3) is 5.57. The lowest BCUT2D eigenvalue weighted by atomic mass is 9.83. The van der Waals surface area contributed by atoms with Gasteiger partial charge in [0.2, 0.25) is 11.8 Å². The molecule has 2 aromatic heterocycles. The summed E-state index contributed by atoms with van der Waals surface area (Å²) in [7, 11) is 0.808. The van der Waals surface area contributed by atoms with Crippen molar-refractivity contribution >= 4 is 39.2 Å². The first kappa shape index (κ1) is 29.2. The molecule has 0 spiro atoms. The van der Waals surface area contributed by atoms with Gasteiger partial charge in [-0.1, -0.05) is 27.7 Å². The lowest BCUT2D eigenvalue weighted by molar-refractivity contribution is 0.219. The summed E-state index contributed by atoms with van der Waals surface area (Å²) >= 11 is 0. The highest BCUT2D eigenvalue weighted by Crippen LogP contribution is 2.46. The highest BCUT2D eigenvalue weighted by molar-refractivity contribution is 6.74. The van der Waals surface area contributed by atoms with Gasteiger partial charge in [0.25, 0.3) is 0 Å². The highest BCUT2D eigenvalue weighted by atomic mass is 28.4. The number of aromatic nitrogens is 3. The number of nitrogens with one attached hydrogen (secondary N) is 1. The summed E-state index contributed by atoms with van der Waals surface area (Å²) in [4.78, 5) is 26.0. The number of pyridine rings is 1. The number of halogens is 1. The lowest BCUT2D eigenvalue weighted by Crippen LogP contribution is -2.46. The summed E-state index contributed by atoms with van der Waals surface area (Å²) < 4.78 is 27.1. The SMILES string of the molecule is COc1ncccc1Nc1ncc(F)c(-c2cc(C#N)c3c(c2)[C@@](C)(CO[Si](C)(C)C(C)(C)C)CN3[B]C=O)n1. The molecule has 0 saturated carbocycles. The van der Waals surface area contributed by atoms with Crippen molar-refractivity contribution in [3.63, 3.8) is 0 Å². The second-order valence-corrected chi connectivity index (χ2v) is 16.4. The zero-order valence-corrected chi connectivity index (χ0v) is 24.9. The van der Waals surface area contributed by atoms with E-state index in [4.69, 9.17) is 9.16 Å². The summed E-state index contributed by atoms with van der Waals surface area (Å²) in [6, 6.07) is 9.13. The fourth-order valence-electron chi connectivity index (χ4n) is 4.45. The van der Waals surface area contributed by atoms with Gasteiger partial charge in [-0.05, 0) is 48.0 Å². The van der Waals surface area contributed by atoms with Crippen LogP contribution in [-0.4, -0.2) is 57.1 Å². The molecule has 9 nitrogen and oxygen atoms in total. The van der Waals surface area contributed by atoms with Crippen molar-refractivity contribution in [2.45, 2.75) is 51.2 Å². The number of ether oxygens (including phenoxy) is 1. The van der Waals surface area contributed by atoms with E-state index in [9.17, 15) is 10.1 Å². The molecule has 12 heteroatoms. The number of hydrogen-bond acceptors (Lipinski definition) is 9. The van der Waals surface area contributed by atoms with Crippen LogP contribution in [0.5, 0.6) is 5.88 Å². The zero-order chi connectivity index (χ0) is 29.3. The number of methoxy groups -OCH3 is 1. The predicted octanol–water partition coefficient (Wildman–Crippen LogP) is 5.21. The average molecular weight is 560 g/mol. The van der Waals surface area contributed by atoms with E-state index in [1.54, 1.807) is 29.2 Å². The minimum atomic E-state index is -2.11. The smallest absolute Gasteiger partial charge is 0.329 e.